The maximum atomic E-state index is 9.84. The lowest BCUT2D eigenvalue weighted by atomic mass is 9.65. The minimum Gasteiger partial charge on any atom is -0.310 e. The van der Waals surface area contributed by atoms with Crippen LogP contribution in [0.15, 0.2) is 188 Å². The summed E-state index contributed by atoms with van der Waals surface area (Å²) in [6, 6.07) is 46.5. The van der Waals surface area contributed by atoms with Crippen LogP contribution in [0.25, 0.3) is 42.1 Å². The Balaban J connectivity index is 1.42. The summed E-state index contributed by atoms with van der Waals surface area (Å²) in [5.74, 6) is 0. The minimum absolute atomic E-state index is 0.0596. The number of nitrogens with zero attached hydrogens (tertiary/aromatic N) is 1. The van der Waals surface area contributed by atoms with Crippen molar-refractivity contribution in [1.82, 2.24) is 0 Å². The molecule has 1 aromatic heterocycles. The van der Waals surface area contributed by atoms with Gasteiger partial charge in [-0.2, -0.15) is 0 Å². The molecule has 0 bridgehead atoms. The lowest BCUT2D eigenvalue weighted by Crippen LogP contribution is -2.29. The van der Waals surface area contributed by atoms with E-state index in [9.17, 15) is 4.11 Å². The van der Waals surface area contributed by atoms with Gasteiger partial charge in [0, 0.05) is 37.2 Å². The minimum atomic E-state index is -1.34. The van der Waals surface area contributed by atoms with Gasteiger partial charge in [-0.15, -0.1) is 11.3 Å². The molecule has 0 saturated carbocycles. The molecular weight excluding hydrogens is 611 g/mol. The fraction of sp³-hybridized carbons (Fsp3) is 0.0213. The first-order valence-corrected chi connectivity index (χ1v) is 17.1. The topological polar surface area (TPSA) is 3.24 Å². The van der Waals surface area contributed by atoms with Gasteiger partial charge < -0.3 is 4.90 Å². The standard InChI is InChI=1S/C47H31NS/c1-3-17-33(18-4-1)48(34-19-5-2-6-20-34)35-29-30-42-39(31-35)37-22-9-11-24-41(37)47(42,40-25-13-16-32-15-7-8-21-36(32)40)43-26-14-28-45-46(43)38-23-10-12-27-44(38)49-45/h1-31H/i7D,8D,13D,15D,16D,21D,25D. The number of fused-ring (bicyclic) bond motifs is 7. The second-order valence-corrected chi connectivity index (χ2v) is 13.4. The molecule has 0 saturated heterocycles. The lowest BCUT2D eigenvalue weighted by molar-refractivity contribution is 0.785. The average Bonchev–Trinajstić information content (AvgIpc) is 3.76. The molecule has 9 aromatic rings. The van der Waals surface area contributed by atoms with Crippen LogP contribution in [-0.2, 0) is 5.41 Å². The molecule has 1 aliphatic carbocycles. The number of thiophene rings is 1. The van der Waals surface area contributed by atoms with Gasteiger partial charge in [-0.25, -0.2) is 0 Å². The van der Waals surface area contributed by atoms with Gasteiger partial charge in [0.2, 0.25) is 0 Å². The molecule has 0 fully saturated rings. The van der Waals surface area contributed by atoms with E-state index in [1.165, 1.54) is 0 Å². The summed E-state index contributed by atoms with van der Waals surface area (Å²) in [6.45, 7) is 0. The summed E-state index contributed by atoms with van der Waals surface area (Å²) in [6.07, 6.45) is 0. The summed E-state index contributed by atoms with van der Waals surface area (Å²) in [4.78, 5) is 2.20. The molecule has 8 aromatic carbocycles. The number of para-hydroxylation sites is 2. The van der Waals surface area contributed by atoms with E-state index < -0.39 is 29.6 Å². The van der Waals surface area contributed by atoms with E-state index in [-0.39, 0.29) is 34.5 Å². The second kappa shape index (κ2) is 11.1. The molecule has 1 nitrogen and oxygen atoms in total. The first kappa shape index (κ1) is 21.8. The quantitative estimate of drug-likeness (QED) is 0.179. The van der Waals surface area contributed by atoms with E-state index in [1.807, 2.05) is 72.8 Å². The third-order valence-electron chi connectivity index (χ3n) is 9.81. The fourth-order valence-corrected chi connectivity index (χ4v) is 9.02. The molecule has 0 spiro atoms. The van der Waals surface area contributed by atoms with Crippen molar-refractivity contribution in [3.63, 3.8) is 0 Å². The van der Waals surface area contributed by atoms with Crippen LogP contribution in [-0.4, -0.2) is 0 Å². The van der Waals surface area contributed by atoms with Crippen LogP contribution in [0.5, 0.6) is 0 Å². The predicted octanol–water partition coefficient (Wildman–Crippen LogP) is 13.0. The third-order valence-corrected chi connectivity index (χ3v) is 10.9. The van der Waals surface area contributed by atoms with E-state index in [0.717, 1.165) is 65.1 Å². The molecule has 0 aliphatic heterocycles. The number of anilines is 3. The predicted molar refractivity (Wildman–Crippen MR) is 209 cm³/mol. The molecule has 1 aliphatic rings. The van der Waals surface area contributed by atoms with Crippen LogP contribution in [0.2, 0.25) is 0 Å². The van der Waals surface area contributed by atoms with Gasteiger partial charge in [-0.05, 0) is 92.7 Å². The molecule has 1 unspecified atom stereocenters. The summed E-state index contributed by atoms with van der Waals surface area (Å²) in [5.41, 5.74) is 6.11. The fourth-order valence-electron chi connectivity index (χ4n) is 7.89. The van der Waals surface area contributed by atoms with Crippen molar-refractivity contribution < 1.29 is 9.60 Å². The molecule has 1 atom stereocenters. The van der Waals surface area contributed by atoms with Gasteiger partial charge in [0.05, 0.1) is 15.0 Å². The zero-order valence-electron chi connectivity index (χ0n) is 33.2. The normalized spacial score (nSPS) is 17.0. The first-order valence-electron chi connectivity index (χ1n) is 19.8. The average molecular weight is 649 g/mol. The highest BCUT2D eigenvalue weighted by Crippen LogP contribution is 2.60. The molecule has 0 radical (unpaired) electrons. The Labute approximate surface area is 299 Å². The Hall–Kier alpha value is -5.96. The summed E-state index contributed by atoms with van der Waals surface area (Å²) in [7, 11) is 0. The number of hydrogen-bond acceptors (Lipinski definition) is 2. The Morgan fingerprint density at radius 2 is 1.10 bits per heavy atom. The second-order valence-electron chi connectivity index (χ2n) is 12.3. The Morgan fingerprint density at radius 3 is 1.94 bits per heavy atom. The smallest absolute Gasteiger partial charge is 0.0726 e. The monoisotopic (exact) mass is 648 g/mol. The van der Waals surface area contributed by atoms with E-state index in [4.69, 9.17) is 5.48 Å². The molecular formula is C47H31NS. The molecule has 1 heterocycles. The van der Waals surface area contributed by atoms with Crippen LogP contribution in [0.1, 0.15) is 31.8 Å². The van der Waals surface area contributed by atoms with E-state index >= 15 is 0 Å². The van der Waals surface area contributed by atoms with E-state index in [0.29, 0.717) is 0 Å². The Kier molecular flexibility index (Phi) is 4.92. The summed E-state index contributed by atoms with van der Waals surface area (Å²) >= 11 is 1.67. The largest absolute Gasteiger partial charge is 0.310 e. The maximum Gasteiger partial charge on any atom is 0.0726 e. The summed E-state index contributed by atoms with van der Waals surface area (Å²) in [5, 5.41) is 2.03. The molecule has 2 heteroatoms. The van der Waals surface area contributed by atoms with Crippen molar-refractivity contribution in [2.45, 2.75) is 5.41 Å². The van der Waals surface area contributed by atoms with Gasteiger partial charge in [0.25, 0.3) is 0 Å². The van der Waals surface area contributed by atoms with Gasteiger partial charge in [0.1, 0.15) is 0 Å². The Bertz CT molecular complexity index is 3020. The van der Waals surface area contributed by atoms with Gasteiger partial charge >= 0.3 is 0 Å². The van der Waals surface area contributed by atoms with Crippen molar-refractivity contribution in [3.8, 4) is 11.1 Å². The van der Waals surface area contributed by atoms with Crippen molar-refractivity contribution in [3.05, 3.63) is 210 Å². The van der Waals surface area contributed by atoms with Crippen molar-refractivity contribution in [2.24, 2.45) is 0 Å². The lowest BCUT2D eigenvalue weighted by Gasteiger charge is -2.36. The SMILES string of the molecule is [2H]c1c([2H])c([2H])c2c(C3(c4cccc5sc6ccccc6c45)c4ccccc4-c4cc(N(c5ccccc5)c5ccccc5)ccc43)c([2H])c([2H])c([2H])c2c1[2H]. The molecule has 49 heavy (non-hydrogen) atoms. The molecule has 10 rings (SSSR count). The summed E-state index contributed by atoms with van der Waals surface area (Å²) < 4.78 is 66.2. The molecule has 0 N–H and O–H groups in total. The van der Waals surface area contributed by atoms with Gasteiger partial charge in [0.15, 0.2) is 0 Å². The first-order chi connectivity index (χ1) is 27.2. The van der Waals surface area contributed by atoms with E-state index in [2.05, 4.69) is 77.7 Å². The van der Waals surface area contributed by atoms with Crippen LogP contribution >= 0.6 is 11.3 Å². The van der Waals surface area contributed by atoms with Gasteiger partial charge in [-0.1, -0.05) is 139 Å². The zero-order chi connectivity index (χ0) is 38.5. The highest BCUT2D eigenvalue weighted by molar-refractivity contribution is 7.25. The van der Waals surface area contributed by atoms with Crippen LogP contribution < -0.4 is 4.90 Å². The molecule has 0 amide bonds. The maximum absolute atomic E-state index is 9.84. The molecule has 230 valence electrons. The van der Waals surface area contributed by atoms with Crippen molar-refractivity contribution in [2.75, 3.05) is 4.90 Å². The van der Waals surface area contributed by atoms with Gasteiger partial charge in [-0.3, -0.25) is 0 Å². The van der Waals surface area contributed by atoms with Crippen LogP contribution in [0.4, 0.5) is 17.1 Å². The Morgan fingerprint density at radius 1 is 0.449 bits per heavy atom. The highest BCUT2D eigenvalue weighted by Gasteiger charge is 2.48. The van der Waals surface area contributed by atoms with E-state index in [1.54, 1.807) is 11.3 Å². The van der Waals surface area contributed by atoms with Crippen molar-refractivity contribution >= 4 is 59.3 Å². The zero-order valence-corrected chi connectivity index (χ0v) is 27.0. The van der Waals surface area contributed by atoms with Crippen molar-refractivity contribution in [1.29, 1.82) is 0 Å². The van der Waals surface area contributed by atoms with Crippen LogP contribution in [0.3, 0.4) is 0 Å². The highest BCUT2D eigenvalue weighted by atomic mass is 32.1. The number of benzene rings is 8. The third kappa shape index (κ3) is 4.11. The number of hydrogen-bond donors (Lipinski definition) is 0. The van der Waals surface area contributed by atoms with Crippen LogP contribution in [0, 0.1) is 0 Å². The number of rotatable bonds is 5.